The van der Waals surface area contributed by atoms with Crippen LogP contribution in [0.4, 0.5) is 0 Å². The third-order valence-corrected chi connectivity index (χ3v) is 7.68. The normalized spacial score (nSPS) is 40.7. The summed E-state index contributed by atoms with van der Waals surface area (Å²) in [7, 11) is 0. The van der Waals surface area contributed by atoms with Crippen LogP contribution < -0.4 is 0 Å². The van der Waals surface area contributed by atoms with Crippen molar-refractivity contribution in [2.24, 2.45) is 17.3 Å². The third-order valence-electron chi connectivity index (χ3n) is 7.68. The molecule has 2 heteroatoms. The Balaban J connectivity index is 1.51. The number of ether oxygens (including phenoxy) is 2. The molecule has 2 nitrogen and oxygen atoms in total. The molecule has 0 radical (unpaired) electrons. The van der Waals surface area contributed by atoms with E-state index in [-0.39, 0.29) is 11.2 Å². The molecule has 5 rings (SSSR count). The zero-order valence-corrected chi connectivity index (χ0v) is 14.4. The highest BCUT2D eigenvalue weighted by Crippen LogP contribution is 2.66. The Bertz CT molecular complexity index is 631. The van der Waals surface area contributed by atoms with E-state index in [0.717, 1.165) is 37.4 Å². The standard InChI is InChI=1S/C21H28O2/c1-14-3-5-16-15(13-14)4-6-18-17(16)7-9-20(2)19(18)8-10-21(20)22-11-12-23-21/h3,5,13,17-19H,4,6-12H2,1-2H3/t17?,18?,19?,20-/m0/s1. The number of hydrogen-bond acceptors (Lipinski definition) is 2. The van der Waals surface area contributed by atoms with Crippen LogP contribution in [0.2, 0.25) is 0 Å². The Morgan fingerprint density at radius 2 is 1.87 bits per heavy atom. The summed E-state index contributed by atoms with van der Waals surface area (Å²) in [5.74, 6) is 2.12. The quantitative estimate of drug-likeness (QED) is 0.697. The van der Waals surface area contributed by atoms with E-state index in [1.54, 1.807) is 11.1 Å². The Kier molecular flexibility index (Phi) is 3.04. The smallest absolute Gasteiger partial charge is 0.174 e. The summed E-state index contributed by atoms with van der Waals surface area (Å²) in [5.41, 5.74) is 4.92. The van der Waals surface area contributed by atoms with Gasteiger partial charge in [0, 0.05) is 11.8 Å². The van der Waals surface area contributed by atoms with E-state index in [9.17, 15) is 0 Å². The lowest BCUT2D eigenvalue weighted by Gasteiger charge is -2.52. The number of benzene rings is 1. The molecule has 4 atom stereocenters. The molecule has 3 fully saturated rings. The molecule has 0 aromatic heterocycles. The van der Waals surface area contributed by atoms with Crippen LogP contribution in [0, 0.1) is 24.2 Å². The van der Waals surface area contributed by atoms with E-state index in [4.69, 9.17) is 9.47 Å². The van der Waals surface area contributed by atoms with Gasteiger partial charge in [-0.05, 0) is 67.9 Å². The van der Waals surface area contributed by atoms with Crippen molar-refractivity contribution in [1.82, 2.24) is 0 Å². The summed E-state index contributed by atoms with van der Waals surface area (Å²) in [4.78, 5) is 0. The summed E-state index contributed by atoms with van der Waals surface area (Å²) in [6.45, 7) is 6.27. The maximum atomic E-state index is 6.22. The highest BCUT2D eigenvalue weighted by atomic mass is 16.7. The first-order valence-corrected chi connectivity index (χ1v) is 9.50. The average Bonchev–Trinajstić information content (AvgIpc) is 3.14. The summed E-state index contributed by atoms with van der Waals surface area (Å²) in [6, 6.07) is 7.17. The van der Waals surface area contributed by atoms with Gasteiger partial charge in [-0.15, -0.1) is 0 Å². The second kappa shape index (κ2) is 4.83. The summed E-state index contributed by atoms with van der Waals surface area (Å²) in [6.07, 6.45) is 7.59. The Labute approximate surface area is 139 Å². The van der Waals surface area contributed by atoms with E-state index >= 15 is 0 Å². The van der Waals surface area contributed by atoms with Crippen molar-refractivity contribution in [3.8, 4) is 0 Å². The first-order chi connectivity index (χ1) is 11.1. The van der Waals surface area contributed by atoms with Crippen LogP contribution in [0.25, 0.3) is 0 Å². The fourth-order valence-electron chi connectivity index (χ4n) is 6.60. The number of fused-ring (bicyclic) bond motifs is 6. The minimum absolute atomic E-state index is 0.229. The zero-order chi connectivity index (χ0) is 15.7. The Hall–Kier alpha value is -0.860. The first kappa shape index (κ1) is 14.5. The van der Waals surface area contributed by atoms with Crippen LogP contribution in [-0.2, 0) is 15.9 Å². The van der Waals surface area contributed by atoms with Crippen molar-refractivity contribution in [3.05, 3.63) is 34.9 Å². The van der Waals surface area contributed by atoms with Gasteiger partial charge >= 0.3 is 0 Å². The zero-order valence-electron chi connectivity index (χ0n) is 14.4. The van der Waals surface area contributed by atoms with Gasteiger partial charge in [-0.2, -0.15) is 0 Å². The highest BCUT2D eigenvalue weighted by molar-refractivity contribution is 5.38. The van der Waals surface area contributed by atoms with Gasteiger partial charge in [-0.25, -0.2) is 0 Å². The molecule has 4 aliphatic rings. The van der Waals surface area contributed by atoms with Gasteiger partial charge in [0.2, 0.25) is 0 Å². The predicted molar refractivity (Wildman–Crippen MR) is 90.4 cm³/mol. The molecule has 1 saturated heterocycles. The average molecular weight is 312 g/mol. The SMILES string of the molecule is Cc1ccc2c(c1)CCC1C2CC[C@@]2(C)C1CCC21OCCO1. The van der Waals surface area contributed by atoms with Crippen molar-refractivity contribution >= 4 is 0 Å². The molecule has 0 bridgehead atoms. The van der Waals surface area contributed by atoms with Gasteiger partial charge in [0.05, 0.1) is 13.2 Å². The van der Waals surface area contributed by atoms with Crippen molar-refractivity contribution in [1.29, 1.82) is 0 Å². The molecule has 0 N–H and O–H groups in total. The molecule has 1 aromatic carbocycles. The van der Waals surface area contributed by atoms with Gasteiger partial charge in [-0.3, -0.25) is 0 Å². The van der Waals surface area contributed by atoms with Crippen LogP contribution in [0.15, 0.2) is 18.2 Å². The topological polar surface area (TPSA) is 18.5 Å². The monoisotopic (exact) mass is 312 g/mol. The van der Waals surface area contributed by atoms with E-state index < -0.39 is 0 Å². The number of hydrogen-bond donors (Lipinski definition) is 0. The van der Waals surface area contributed by atoms with Gasteiger partial charge in [-0.1, -0.05) is 30.7 Å². The molecule has 1 spiro atoms. The first-order valence-electron chi connectivity index (χ1n) is 9.50. The van der Waals surface area contributed by atoms with Crippen molar-refractivity contribution < 1.29 is 9.47 Å². The van der Waals surface area contributed by atoms with E-state index in [1.807, 2.05) is 0 Å². The van der Waals surface area contributed by atoms with Crippen molar-refractivity contribution in [3.63, 3.8) is 0 Å². The molecule has 3 aliphatic carbocycles. The second-order valence-electron chi connectivity index (χ2n) is 8.56. The van der Waals surface area contributed by atoms with Gasteiger partial charge < -0.3 is 9.47 Å². The fraction of sp³-hybridized carbons (Fsp3) is 0.714. The van der Waals surface area contributed by atoms with Gasteiger partial charge in [0.1, 0.15) is 0 Å². The highest BCUT2D eigenvalue weighted by Gasteiger charge is 2.64. The van der Waals surface area contributed by atoms with Gasteiger partial charge in [0.15, 0.2) is 5.79 Å². The van der Waals surface area contributed by atoms with Crippen LogP contribution in [-0.4, -0.2) is 19.0 Å². The molecule has 2 saturated carbocycles. The lowest BCUT2D eigenvalue weighted by molar-refractivity contribution is -0.237. The molecule has 1 aromatic rings. The van der Waals surface area contributed by atoms with Crippen LogP contribution >= 0.6 is 0 Å². The largest absolute Gasteiger partial charge is 0.347 e. The molecular formula is C21H28O2. The molecule has 124 valence electrons. The fourth-order valence-corrected chi connectivity index (χ4v) is 6.60. The molecule has 1 heterocycles. The Morgan fingerprint density at radius 3 is 2.70 bits per heavy atom. The lowest BCUT2D eigenvalue weighted by atomic mass is 9.55. The van der Waals surface area contributed by atoms with Crippen molar-refractivity contribution in [2.45, 2.75) is 64.1 Å². The molecular weight excluding hydrogens is 284 g/mol. The van der Waals surface area contributed by atoms with Crippen molar-refractivity contribution in [2.75, 3.05) is 13.2 Å². The van der Waals surface area contributed by atoms with Crippen LogP contribution in [0.1, 0.15) is 61.6 Å². The minimum atomic E-state index is -0.254. The third kappa shape index (κ3) is 1.83. The molecule has 23 heavy (non-hydrogen) atoms. The summed E-state index contributed by atoms with van der Waals surface area (Å²) in [5, 5.41) is 0. The molecule has 0 amide bonds. The lowest BCUT2D eigenvalue weighted by Crippen LogP contribution is -2.51. The summed E-state index contributed by atoms with van der Waals surface area (Å²) >= 11 is 0. The van der Waals surface area contributed by atoms with Gasteiger partial charge in [0.25, 0.3) is 0 Å². The number of aryl methyl sites for hydroxylation is 2. The maximum absolute atomic E-state index is 6.22. The Morgan fingerprint density at radius 1 is 1.04 bits per heavy atom. The maximum Gasteiger partial charge on any atom is 0.174 e. The van der Waals surface area contributed by atoms with Crippen LogP contribution in [0.5, 0.6) is 0 Å². The van der Waals surface area contributed by atoms with E-state index in [0.29, 0.717) is 0 Å². The number of rotatable bonds is 0. The predicted octanol–water partition coefficient (Wildman–Crippen LogP) is 4.59. The van der Waals surface area contributed by atoms with E-state index in [1.165, 1.54) is 37.7 Å². The van der Waals surface area contributed by atoms with Crippen LogP contribution in [0.3, 0.4) is 0 Å². The molecule has 1 aliphatic heterocycles. The second-order valence-corrected chi connectivity index (χ2v) is 8.56. The summed E-state index contributed by atoms with van der Waals surface area (Å²) < 4.78 is 12.4. The minimum Gasteiger partial charge on any atom is -0.347 e. The van der Waals surface area contributed by atoms with E-state index in [2.05, 4.69) is 32.0 Å². The molecule has 3 unspecified atom stereocenters.